The average Bonchev–Trinajstić information content (AvgIpc) is 3.63. The smallest absolute Gasteiger partial charge is 0.416 e. The van der Waals surface area contributed by atoms with E-state index in [1.807, 2.05) is 33.8 Å². The molecule has 1 aliphatic carbocycles. The Morgan fingerprint density at radius 2 is 1.76 bits per heavy atom. The van der Waals surface area contributed by atoms with E-state index in [9.17, 15) is 31.1 Å². The van der Waals surface area contributed by atoms with Gasteiger partial charge in [0.05, 0.1) is 22.9 Å². The molecule has 2 atom stereocenters. The third kappa shape index (κ3) is 6.74. The van der Waals surface area contributed by atoms with Crippen LogP contribution in [0.5, 0.6) is 0 Å². The molecule has 1 aromatic heterocycles. The van der Waals surface area contributed by atoms with Crippen LogP contribution in [0.1, 0.15) is 91.4 Å². The van der Waals surface area contributed by atoms with Crippen LogP contribution in [0.2, 0.25) is 0 Å². The molecule has 2 aromatic carbocycles. The number of aromatic amines is 1. The SMILES string of the molecule is CCC(OC(=O)N1CCC[C@H](N(Cc2cc(C(F)(F)F)cc(C(F)(F)F)c2)c2nn[nH]n2)c2cc3c(c(C)c21)CCC3)C(C)C. The molecule has 1 N–H and O–H groups in total. The highest BCUT2D eigenvalue weighted by atomic mass is 19.4. The van der Waals surface area contributed by atoms with E-state index in [4.69, 9.17) is 4.74 Å². The highest BCUT2D eigenvalue weighted by molar-refractivity contribution is 5.91. The van der Waals surface area contributed by atoms with Gasteiger partial charge in [0.15, 0.2) is 0 Å². The molecule has 0 bridgehead atoms. The predicted molar refractivity (Wildman–Crippen MR) is 155 cm³/mol. The lowest BCUT2D eigenvalue weighted by Crippen LogP contribution is -2.37. The molecular formula is C31H36F6N6O2. The van der Waals surface area contributed by atoms with Gasteiger partial charge in [0.25, 0.3) is 5.95 Å². The number of nitrogens with zero attached hydrogens (tertiary/aromatic N) is 5. The summed E-state index contributed by atoms with van der Waals surface area (Å²) in [5, 5.41) is 14.1. The number of ether oxygens (including phenoxy) is 1. The number of alkyl halides is 6. The standard InChI is InChI=1S/C31H36F6N6O2/c1-5-26(17(2)3)45-29(44)42-11-7-10-25(24-14-20-8-6-9-23(20)18(4)27(24)42)43(28-38-40-41-39-28)16-19-12-21(30(32,33)34)15-22(13-19)31(35,36)37/h12-15,17,25-26H,5-11,16H2,1-4H3,(H,38,39,40,41)/t25-,26?/m0/s1. The molecule has 1 unspecified atom stereocenters. The summed E-state index contributed by atoms with van der Waals surface area (Å²) in [6.07, 6.45) is -6.67. The summed E-state index contributed by atoms with van der Waals surface area (Å²) in [6.45, 7) is 7.80. The number of rotatable bonds is 7. The summed E-state index contributed by atoms with van der Waals surface area (Å²) >= 11 is 0. The van der Waals surface area contributed by atoms with Crippen molar-refractivity contribution in [2.75, 3.05) is 16.3 Å². The number of benzene rings is 2. The summed E-state index contributed by atoms with van der Waals surface area (Å²) in [5.41, 5.74) is 1.49. The second-order valence-electron chi connectivity index (χ2n) is 12.1. The van der Waals surface area contributed by atoms with E-state index in [0.29, 0.717) is 49.2 Å². The Morgan fingerprint density at radius 1 is 1.07 bits per heavy atom. The Hall–Kier alpha value is -3.84. The van der Waals surface area contributed by atoms with Gasteiger partial charge in [0.2, 0.25) is 0 Å². The first kappa shape index (κ1) is 32.6. The van der Waals surface area contributed by atoms with Gasteiger partial charge in [-0.15, -0.1) is 5.10 Å². The molecule has 3 aromatic rings. The highest BCUT2D eigenvalue weighted by Crippen LogP contribution is 2.45. The third-order valence-electron chi connectivity index (χ3n) is 8.75. The molecule has 14 heteroatoms. The normalized spacial score (nSPS) is 17.6. The lowest BCUT2D eigenvalue weighted by atomic mass is 9.91. The van der Waals surface area contributed by atoms with Crippen LogP contribution in [0, 0.1) is 12.8 Å². The molecule has 45 heavy (non-hydrogen) atoms. The Balaban J connectivity index is 1.63. The summed E-state index contributed by atoms with van der Waals surface area (Å²) in [7, 11) is 0. The van der Waals surface area contributed by atoms with Crippen molar-refractivity contribution in [2.24, 2.45) is 5.92 Å². The fourth-order valence-corrected chi connectivity index (χ4v) is 6.59. The molecule has 1 aliphatic heterocycles. The number of nitrogens with one attached hydrogen (secondary N) is 1. The van der Waals surface area contributed by atoms with Crippen LogP contribution in [0.3, 0.4) is 0 Å². The van der Waals surface area contributed by atoms with E-state index in [1.54, 1.807) is 9.80 Å². The van der Waals surface area contributed by atoms with Crippen LogP contribution in [-0.4, -0.2) is 39.4 Å². The minimum absolute atomic E-state index is 0.0111. The number of H-pyrrole nitrogens is 1. The molecule has 8 nitrogen and oxygen atoms in total. The van der Waals surface area contributed by atoms with Crippen LogP contribution in [0.15, 0.2) is 24.3 Å². The van der Waals surface area contributed by atoms with Crippen molar-refractivity contribution in [1.29, 1.82) is 0 Å². The first-order valence-corrected chi connectivity index (χ1v) is 15.1. The van der Waals surface area contributed by atoms with Gasteiger partial charge in [-0.2, -0.15) is 31.6 Å². The largest absolute Gasteiger partial charge is 0.446 e. The van der Waals surface area contributed by atoms with Crippen molar-refractivity contribution in [2.45, 2.75) is 97.3 Å². The zero-order valence-electron chi connectivity index (χ0n) is 25.5. The summed E-state index contributed by atoms with van der Waals surface area (Å²) in [6, 6.07) is 2.96. The van der Waals surface area contributed by atoms with Crippen LogP contribution in [0.4, 0.5) is 42.8 Å². The molecule has 0 saturated heterocycles. The van der Waals surface area contributed by atoms with Crippen molar-refractivity contribution >= 4 is 17.7 Å². The van der Waals surface area contributed by atoms with E-state index >= 15 is 0 Å². The average molecular weight is 639 g/mol. The second-order valence-corrected chi connectivity index (χ2v) is 12.1. The van der Waals surface area contributed by atoms with E-state index in [0.717, 1.165) is 36.0 Å². The van der Waals surface area contributed by atoms with Gasteiger partial charge in [-0.3, -0.25) is 4.90 Å². The van der Waals surface area contributed by atoms with Gasteiger partial charge in [0.1, 0.15) is 6.10 Å². The van der Waals surface area contributed by atoms with Crippen molar-refractivity contribution < 1.29 is 35.9 Å². The number of hydrogen-bond donors (Lipinski definition) is 1. The minimum Gasteiger partial charge on any atom is -0.446 e. The maximum Gasteiger partial charge on any atom is 0.416 e. The quantitative estimate of drug-likeness (QED) is 0.264. The number of aromatic nitrogens is 4. The molecule has 5 rings (SSSR count). The molecule has 0 saturated carbocycles. The van der Waals surface area contributed by atoms with E-state index < -0.39 is 35.6 Å². The van der Waals surface area contributed by atoms with E-state index in [-0.39, 0.29) is 36.1 Å². The van der Waals surface area contributed by atoms with Gasteiger partial charge in [0, 0.05) is 13.1 Å². The Morgan fingerprint density at radius 3 is 2.33 bits per heavy atom. The number of anilines is 2. The topological polar surface area (TPSA) is 87.2 Å². The van der Waals surface area contributed by atoms with Gasteiger partial charge >= 0.3 is 18.4 Å². The minimum atomic E-state index is -4.99. The fraction of sp³-hybridized carbons (Fsp3) is 0.548. The van der Waals surface area contributed by atoms with Crippen LogP contribution in [-0.2, 0) is 36.5 Å². The summed E-state index contributed by atoms with van der Waals surface area (Å²) in [4.78, 5) is 16.9. The number of fused-ring (bicyclic) bond motifs is 2. The Bertz CT molecular complexity index is 1490. The number of carbonyl (C=O) groups is 1. The molecule has 0 radical (unpaired) electrons. The molecule has 2 heterocycles. The van der Waals surface area contributed by atoms with Crippen LogP contribution < -0.4 is 9.80 Å². The fourth-order valence-electron chi connectivity index (χ4n) is 6.59. The van der Waals surface area contributed by atoms with Crippen LogP contribution >= 0.6 is 0 Å². The molecular weight excluding hydrogens is 602 g/mol. The van der Waals surface area contributed by atoms with E-state index in [2.05, 4.69) is 20.6 Å². The maximum absolute atomic E-state index is 13.7. The molecule has 244 valence electrons. The number of hydrogen-bond acceptors (Lipinski definition) is 6. The van der Waals surface area contributed by atoms with Crippen LogP contribution in [0.25, 0.3) is 0 Å². The molecule has 0 fully saturated rings. The Kier molecular flexibility index (Phi) is 9.05. The maximum atomic E-state index is 13.7. The van der Waals surface area contributed by atoms with Gasteiger partial charge in [-0.25, -0.2) is 4.79 Å². The lowest BCUT2D eigenvalue weighted by molar-refractivity contribution is -0.143. The molecule has 2 aliphatic rings. The first-order valence-electron chi connectivity index (χ1n) is 15.1. The predicted octanol–water partition coefficient (Wildman–Crippen LogP) is 7.95. The van der Waals surface area contributed by atoms with Gasteiger partial charge in [-0.05, 0) is 103 Å². The highest BCUT2D eigenvalue weighted by Gasteiger charge is 2.39. The first-order chi connectivity index (χ1) is 21.2. The third-order valence-corrected chi connectivity index (χ3v) is 8.75. The second kappa shape index (κ2) is 12.5. The monoisotopic (exact) mass is 638 g/mol. The number of aryl methyl sites for hydroxylation is 1. The molecule has 1 amide bonds. The van der Waals surface area contributed by atoms with Crippen molar-refractivity contribution in [3.05, 3.63) is 63.2 Å². The van der Waals surface area contributed by atoms with Crippen molar-refractivity contribution in [1.82, 2.24) is 20.6 Å². The zero-order valence-corrected chi connectivity index (χ0v) is 25.5. The van der Waals surface area contributed by atoms with Gasteiger partial charge < -0.3 is 9.64 Å². The van der Waals surface area contributed by atoms with E-state index in [1.165, 1.54) is 0 Å². The number of halogens is 6. The summed E-state index contributed by atoms with van der Waals surface area (Å²) < 4.78 is 88.4. The Labute approximate surface area is 257 Å². The number of carbonyl (C=O) groups excluding carboxylic acids is 1. The molecule has 0 spiro atoms. The van der Waals surface area contributed by atoms with Crippen molar-refractivity contribution in [3.8, 4) is 0 Å². The number of tetrazole rings is 1. The number of amides is 1. The lowest BCUT2D eigenvalue weighted by Gasteiger charge is -2.34. The summed E-state index contributed by atoms with van der Waals surface area (Å²) in [5.74, 6) is 0.110. The van der Waals surface area contributed by atoms with Gasteiger partial charge in [-0.1, -0.05) is 31.9 Å². The van der Waals surface area contributed by atoms with Crippen molar-refractivity contribution in [3.63, 3.8) is 0 Å². The zero-order chi connectivity index (χ0) is 32.7.